The quantitative estimate of drug-likeness (QED) is 0.575. The monoisotopic (exact) mass is 202 g/mol. The Morgan fingerprint density at radius 1 is 1.29 bits per heavy atom. The maximum absolute atomic E-state index is 5.94. The van der Waals surface area contributed by atoms with Gasteiger partial charge in [0.25, 0.3) is 0 Å². The molecule has 3 nitrogen and oxygen atoms in total. The Morgan fingerprint density at radius 2 is 2.00 bits per heavy atom. The Labute approximate surface area is 88.6 Å². The molecule has 0 aliphatic rings. The van der Waals surface area contributed by atoms with Crippen LogP contribution in [0.15, 0.2) is 0 Å². The molecule has 0 spiro atoms. The number of nitrogens with two attached hydrogens (primary N) is 1. The minimum absolute atomic E-state index is 0.380. The van der Waals surface area contributed by atoms with Crippen molar-refractivity contribution in [1.82, 2.24) is 4.90 Å². The predicted molar refractivity (Wildman–Crippen MR) is 61.5 cm³/mol. The fourth-order valence-electron chi connectivity index (χ4n) is 1.49. The lowest BCUT2D eigenvalue weighted by Crippen LogP contribution is -2.29. The third kappa shape index (κ3) is 8.48. The molecular weight excluding hydrogens is 176 g/mol. The molecule has 1 atom stereocenters. The summed E-state index contributed by atoms with van der Waals surface area (Å²) in [5.41, 5.74) is 5.94. The van der Waals surface area contributed by atoms with E-state index in [0.717, 1.165) is 39.0 Å². The highest BCUT2D eigenvalue weighted by Crippen LogP contribution is 2.00. The van der Waals surface area contributed by atoms with Crippen molar-refractivity contribution in [2.75, 3.05) is 33.9 Å². The molecule has 0 aromatic heterocycles. The molecule has 0 aliphatic carbocycles. The summed E-state index contributed by atoms with van der Waals surface area (Å²) >= 11 is 0. The normalized spacial score (nSPS) is 13.5. The molecule has 0 radical (unpaired) electrons. The fourth-order valence-corrected chi connectivity index (χ4v) is 1.49. The van der Waals surface area contributed by atoms with Crippen LogP contribution in [0.3, 0.4) is 0 Å². The van der Waals surface area contributed by atoms with Crippen molar-refractivity contribution < 1.29 is 4.74 Å². The summed E-state index contributed by atoms with van der Waals surface area (Å²) < 4.78 is 5.01. The number of nitrogens with zero attached hydrogens (tertiary/aromatic N) is 1. The van der Waals surface area contributed by atoms with Crippen LogP contribution in [0, 0.1) is 0 Å². The SMILES string of the molecule is CCCC(N)CCN(C)CCCOC. The van der Waals surface area contributed by atoms with Crippen LogP contribution in [-0.4, -0.2) is 44.8 Å². The molecule has 14 heavy (non-hydrogen) atoms. The highest BCUT2D eigenvalue weighted by atomic mass is 16.5. The summed E-state index contributed by atoms with van der Waals surface area (Å²) in [6.07, 6.45) is 4.55. The van der Waals surface area contributed by atoms with Crippen LogP contribution in [0.2, 0.25) is 0 Å². The molecule has 0 rings (SSSR count). The number of rotatable bonds is 9. The third-order valence-electron chi connectivity index (χ3n) is 2.43. The first-order valence-corrected chi connectivity index (χ1v) is 5.63. The minimum atomic E-state index is 0.380. The molecule has 0 bridgehead atoms. The van der Waals surface area contributed by atoms with Gasteiger partial charge in [-0.25, -0.2) is 0 Å². The molecule has 1 unspecified atom stereocenters. The summed E-state index contributed by atoms with van der Waals surface area (Å²) in [7, 11) is 3.89. The lowest BCUT2D eigenvalue weighted by Gasteiger charge is -2.18. The van der Waals surface area contributed by atoms with Crippen LogP contribution in [0.25, 0.3) is 0 Å². The van der Waals surface area contributed by atoms with Gasteiger partial charge in [-0.15, -0.1) is 0 Å². The molecule has 0 aliphatic heterocycles. The number of ether oxygens (including phenoxy) is 1. The van der Waals surface area contributed by atoms with Gasteiger partial charge in [0.05, 0.1) is 0 Å². The zero-order valence-electron chi connectivity index (χ0n) is 9.96. The van der Waals surface area contributed by atoms with Crippen LogP contribution in [0.1, 0.15) is 32.6 Å². The zero-order valence-corrected chi connectivity index (χ0v) is 9.96. The highest BCUT2D eigenvalue weighted by molar-refractivity contribution is 4.63. The molecule has 0 saturated heterocycles. The molecule has 0 heterocycles. The summed E-state index contributed by atoms with van der Waals surface area (Å²) in [6, 6.07) is 0.380. The van der Waals surface area contributed by atoms with Gasteiger partial charge < -0.3 is 15.4 Å². The maximum atomic E-state index is 5.94. The highest BCUT2D eigenvalue weighted by Gasteiger charge is 2.03. The van der Waals surface area contributed by atoms with Crippen LogP contribution in [-0.2, 0) is 4.74 Å². The Hall–Kier alpha value is -0.120. The molecule has 2 N–H and O–H groups in total. The van der Waals surface area contributed by atoms with Crippen LogP contribution >= 0.6 is 0 Å². The van der Waals surface area contributed by atoms with Gasteiger partial charge in [-0.3, -0.25) is 0 Å². The third-order valence-corrected chi connectivity index (χ3v) is 2.43. The minimum Gasteiger partial charge on any atom is -0.385 e. The molecule has 0 amide bonds. The van der Waals surface area contributed by atoms with Crippen molar-refractivity contribution in [3.05, 3.63) is 0 Å². The number of hydrogen-bond donors (Lipinski definition) is 1. The zero-order chi connectivity index (χ0) is 10.8. The van der Waals surface area contributed by atoms with Crippen LogP contribution in [0.5, 0.6) is 0 Å². The lowest BCUT2D eigenvalue weighted by molar-refractivity contribution is 0.178. The number of hydrogen-bond acceptors (Lipinski definition) is 3. The van der Waals surface area contributed by atoms with E-state index in [1.54, 1.807) is 7.11 Å². The first-order valence-electron chi connectivity index (χ1n) is 5.63. The van der Waals surface area contributed by atoms with Crippen molar-refractivity contribution in [3.8, 4) is 0 Å². The van der Waals surface area contributed by atoms with E-state index in [0.29, 0.717) is 6.04 Å². The largest absolute Gasteiger partial charge is 0.385 e. The Kier molecular flexibility index (Phi) is 9.35. The predicted octanol–water partition coefficient (Wildman–Crippen LogP) is 1.47. The Balaban J connectivity index is 3.29. The Morgan fingerprint density at radius 3 is 2.57 bits per heavy atom. The van der Waals surface area contributed by atoms with E-state index in [1.807, 2.05) is 0 Å². The molecule has 0 aromatic carbocycles. The molecular formula is C11H26N2O. The summed E-state index contributed by atoms with van der Waals surface area (Å²) in [4.78, 5) is 2.33. The van der Waals surface area contributed by atoms with Gasteiger partial charge >= 0.3 is 0 Å². The van der Waals surface area contributed by atoms with Gasteiger partial charge in [0.1, 0.15) is 0 Å². The first-order chi connectivity index (χ1) is 6.70. The van der Waals surface area contributed by atoms with E-state index in [4.69, 9.17) is 10.5 Å². The van der Waals surface area contributed by atoms with Crippen molar-refractivity contribution in [3.63, 3.8) is 0 Å². The van der Waals surface area contributed by atoms with Crippen molar-refractivity contribution in [1.29, 1.82) is 0 Å². The van der Waals surface area contributed by atoms with E-state index < -0.39 is 0 Å². The Bertz CT molecular complexity index is 120. The van der Waals surface area contributed by atoms with Crippen molar-refractivity contribution >= 4 is 0 Å². The molecule has 0 aromatic rings. The molecule has 86 valence electrons. The van der Waals surface area contributed by atoms with Gasteiger partial charge in [-0.05, 0) is 32.9 Å². The molecule has 0 fully saturated rings. The smallest absolute Gasteiger partial charge is 0.0474 e. The van der Waals surface area contributed by atoms with Gasteiger partial charge in [-0.2, -0.15) is 0 Å². The van der Waals surface area contributed by atoms with Gasteiger partial charge in [0.15, 0.2) is 0 Å². The van der Waals surface area contributed by atoms with Crippen molar-refractivity contribution in [2.24, 2.45) is 5.73 Å². The summed E-state index contributed by atoms with van der Waals surface area (Å²) in [5.74, 6) is 0. The average Bonchev–Trinajstić information content (AvgIpc) is 2.16. The summed E-state index contributed by atoms with van der Waals surface area (Å²) in [6.45, 7) is 5.24. The standard InChI is InChI=1S/C11H26N2O/c1-4-6-11(12)7-9-13(2)8-5-10-14-3/h11H,4-10,12H2,1-3H3. The maximum Gasteiger partial charge on any atom is 0.0474 e. The second kappa shape index (κ2) is 9.44. The van der Waals surface area contributed by atoms with E-state index in [-0.39, 0.29) is 0 Å². The van der Waals surface area contributed by atoms with Gasteiger partial charge in [0, 0.05) is 26.3 Å². The van der Waals surface area contributed by atoms with E-state index in [9.17, 15) is 0 Å². The molecule has 3 heteroatoms. The van der Waals surface area contributed by atoms with E-state index >= 15 is 0 Å². The van der Waals surface area contributed by atoms with Crippen LogP contribution in [0.4, 0.5) is 0 Å². The average molecular weight is 202 g/mol. The summed E-state index contributed by atoms with van der Waals surface area (Å²) in [5, 5.41) is 0. The first kappa shape index (κ1) is 13.9. The van der Waals surface area contributed by atoms with E-state index in [2.05, 4.69) is 18.9 Å². The number of methoxy groups -OCH3 is 1. The van der Waals surface area contributed by atoms with Gasteiger partial charge in [-0.1, -0.05) is 13.3 Å². The lowest BCUT2D eigenvalue weighted by atomic mass is 10.1. The van der Waals surface area contributed by atoms with Crippen LogP contribution < -0.4 is 5.73 Å². The second-order valence-electron chi connectivity index (χ2n) is 3.99. The van der Waals surface area contributed by atoms with Gasteiger partial charge in [0.2, 0.25) is 0 Å². The fraction of sp³-hybridized carbons (Fsp3) is 1.00. The second-order valence-corrected chi connectivity index (χ2v) is 3.99. The molecule has 0 saturated carbocycles. The topological polar surface area (TPSA) is 38.5 Å². The van der Waals surface area contributed by atoms with E-state index in [1.165, 1.54) is 6.42 Å². The van der Waals surface area contributed by atoms with Crippen molar-refractivity contribution in [2.45, 2.75) is 38.6 Å².